The quantitative estimate of drug-likeness (QED) is 0.417. The number of rotatable bonds is 8. The molecule has 0 bridgehead atoms. The molecule has 1 atom stereocenters. The van der Waals surface area contributed by atoms with Crippen LogP contribution < -0.4 is 16.4 Å². The van der Waals surface area contributed by atoms with E-state index in [2.05, 4.69) is 34.2 Å². The number of anilines is 4. The summed E-state index contributed by atoms with van der Waals surface area (Å²) in [5.41, 5.74) is 10.7. The molecule has 2 aromatic rings. The Morgan fingerprint density at radius 1 is 1.30 bits per heavy atom. The number of nitrogens with two attached hydrogens (primary N) is 1. The summed E-state index contributed by atoms with van der Waals surface area (Å²) in [7, 11) is 0. The number of likely N-dealkylation sites (tertiary alicyclic amines) is 1. The molecule has 0 spiro atoms. The third kappa shape index (κ3) is 4.65. The molecular formula is C21H28N6. The molecule has 3 rings (SSSR count). The van der Waals surface area contributed by atoms with Gasteiger partial charge in [0, 0.05) is 48.0 Å². The van der Waals surface area contributed by atoms with Crippen LogP contribution in [0.1, 0.15) is 25.3 Å². The molecule has 0 radical (unpaired) electrons. The molecule has 0 amide bonds. The molecule has 0 aromatic heterocycles. The van der Waals surface area contributed by atoms with Gasteiger partial charge >= 0.3 is 0 Å². The van der Waals surface area contributed by atoms with Crippen LogP contribution >= 0.6 is 0 Å². The Bertz CT molecular complexity index is 816. The van der Waals surface area contributed by atoms with Crippen molar-refractivity contribution in [1.29, 1.82) is 5.41 Å². The fourth-order valence-corrected chi connectivity index (χ4v) is 3.49. The minimum absolute atomic E-state index is 0.593. The lowest BCUT2D eigenvalue weighted by Crippen LogP contribution is -2.31. The van der Waals surface area contributed by atoms with Crippen LogP contribution in [-0.4, -0.2) is 43.5 Å². The monoisotopic (exact) mass is 364 g/mol. The van der Waals surface area contributed by atoms with Gasteiger partial charge in [0.2, 0.25) is 0 Å². The number of nitrogen functional groups attached to an aromatic ring is 1. The molecule has 0 aliphatic carbocycles. The Balaban J connectivity index is 1.65. The largest absolute Gasteiger partial charge is 0.398 e. The second-order valence-electron chi connectivity index (χ2n) is 6.96. The lowest BCUT2D eigenvalue weighted by Gasteiger charge is -2.21. The van der Waals surface area contributed by atoms with Gasteiger partial charge in [0.1, 0.15) is 0 Å². The molecule has 1 unspecified atom stereocenters. The molecule has 0 saturated carbocycles. The average Bonchev–Trinajstić information content (AvgIpc) is 3.09. The van der Waals surface area contributed by atoms with Crippen molar-refractivity contribution < 1.29 is 0 Å². The first kappa shape index (κ1) is 18.9. The minimum atomic E-state index is 0.593. The Hall–Kier alpha value is -2.86. The van der Waals surface area contributed by atoms with Crippen LogP contribution in [0.5, 0.6) is 0 Å². The lowest BCUT2D eigenvalue weighted by molar-refractivity contribution is 0.279. The number of nitrogens with zero attached hydrogens (tertiary/aromatic N) is 2. The van der Waals surface area contributed by atoms with Gasteiger partial charge in [0.15, 0.2) is 0 Å². The zero-order valence-corrected chi connectivity index (χ0v) is 15.8. The molecule has 1 aliphatic rings. The maximum atomic E-state index is 7.42. The standard InChI is InChI=1S/C21H28N6/c1-15-4-3-10-27(15)11-9-25-20-8-6-18(13-21(20)24-2)26-17-5-7-19(23)16(12-17)14-22/h5-8,12-15,22,25-26H,2-4,9-11,23H2,1H3. The van der Waals surface area contributed by atoms with E-state index in [1.165, 1.54) is 25.6 Å². The Labute approximate surface area is 161 Å². The lowest BCUT2D eigenvalue weighted by atomic mass is 10.1. The second-order valence-corrected chi connectivity index (χ2v) is 6.96. The molecule has 6 nitrogen and oxygen atoms in total. The summed E-state index contributed by atoms with van der Waals surface area (Å²) >= 11 is 0. The van der Waals surface area contributed by atoms with Gasteiger partial charge in [-0.3, -0.25) is 9.89 Å². The molecule has 27 heavy (non-hydrogen) atoms. The van der Waals surface area contributed by atoms with Crippen molar-refractivity contribution >= 4 is 41.4 Å². The van der Waals surface area contributed by atoms with Crippen molar-refractivity contribution in [1.82, 2.24) is 4.90 Å². The number of aliphatic imine (C=N–C) groups is 1. The SMILES string of the molecule is C=Nc1cc(Nc2ccc(N)c(C=N)c2)ccc1NCCN1CCCC1C. The van der Waals surface area contributed by atoms with Crippen molar-refractivity contribution in [3.63, 3.8) is 0 Å². The zero-order chi connectivity index (χ0) is 19.2. The molecular weight excluding hydrogens is 336 g/mol. The van der Waals surface area contributed by atoms with Crippen LogP contribution in [0, 0.1) is 5.41 Å². The highest BCUT2D eigenvalue weighted by Gasteiger charge is 2.19. The Morgan fingerprint density at radius 2 is 2.07 bits per heavy atom. The van der Waals surface area contributed by atoms with E-state index in [1.54, 1.807) is 6.07 Å². The van der Waals surface area contributed by atoms with Crippen molar-refractivity contribution in [3.8, 4) is 0 Å². The summed E-state index contributed by atoms with van der Waals surface area (Å²) < 4.78 is 0. The van der Waals surface area contributed by atoms with Gasteiger partial charge in [0.25, 0.3) is 0 Å². The fourth-order valence-electron chi connectivity index (χ4n) is 3.49. The van der Waals surface area contributed by atoms with Crippen LogP contribution in [0.25, 0.3) is 0 Å². The van der Waals surface area contributed by atoms with Crippen LogP contribution in [0.4, 0.5) is 28.4 Å². The molecule has 142 valence electrons. The van der Waals surface area contributed by atoms with Gasteiger partial charge in [-0.1, -0.05) is 0 Å². The predicted octanol–water partition coefficient (Wildman–Crippen LogP) is 4.24. The summed E-state index contributed by atoms with van der Waals surface area (Å²) in [6.45, 7) is 9.12. The second kappa shape index (κ2) is 8.68. The first-order chi connectivity index (χ1) is 13.1. The smallest absolute Gasteiger partial charge is 0.0874 e. The zero-order valence-electron chi connectivity index (χ0n) is 15.8. The Morgan fingerprint density at radius 3 is 2.78 bits per heavy atom. The van der Waals surface area contributed by atoms with E-state index in [4.69, 9.17) is 11.1 Å². The van der Waals surface area contributed by atoms with E-state index >= 15 is 0 Å². The van der Waals surface area contributed by atoms with Gasteiger partial charge in [0.05, 0.1) is 11.4 Å². The maximum absolute atomic E-state index is 7.42. The van der Waals surface area contributed by atoms with E-state index in [9.17, 15) is 0 Å². The molecule has 2 aromatic carbocycles. The van der Waals surface area contributed by atoms with E-state index in [1.807, 2.05) is 30.3 Å². The summed E-state index contributed by atoms with van der Waals surface area (Å²) in [6.07, 6.45) is 3.85. The average molecular weight is 364 g/mol. The number of nitrogens with one attached hydrogen (secondary N) is 3. The summed E-state index contributed by atoms with van der Waals surface area (Å²) in [5, 5.41) is 14.2. The van der Waals surface area contributed by atoms with Gasteiger partial charge < -0.3 is 21.8 Å². The van der Waals surface area contributed by atoms with Gasteiger partial charge in [-0.25, -0.2) is 0 Å². The topological polar surface area (TPSA) is 89.5 Å². The highest BCUT2D eigenvalue weighted by Crippen LogP contribution is 2.30. The van der Waals surface area contributed by atoms with Crippen molar-refractivity contribution in [2.45, 2.75) is 25.8 Å². The molecule has 6 heteroatoms. The van der Waals surface area contributed by atoms with Crippen LogP contribution in [-0.2, 0) is 0 Å². The predicted molar refractivity (Wildman–Crippen MR) is 116 cm³/mol. The first-order valence-corrected chi connectivity index (χ1v) is 9.36. The van der Waals surface area contributed by atoms with Gasteiger partial charge in [-0.2, -0.15) is 0 Å². The van der Waals surface area contributed by atoms with Gasteiger partial charge in [-0.15, -0.1) is 0 Å². The van der Waals surface area contributed by atoms with E-state index in [0.717, 1.165) is 35.8 Å². The number of hydrogen-bond acceptors (Lipinski definition) is 6. The molecule has 1 aliphatic heterocycles. The van der Waals surface area contributed by atoms with Crippen LogP contribution in [0.15, 0.2) is 41.4 Å². The third-order valence-corrected chi connectivity index (χ3v) is 5.10. The minimum Gasteiger partial charge on any atom is -0.398 e. The Kier molecular flexibility index (Phi) is 6.08. The van der Waals surface area contributed by atoms with Crippen LogP contribution in [0.3, 0.4) is 0 Å². The van der Waals surface area contributed by atoms with E-state index in [-0.39, 0.29) is 0 Å². The third-order valence-electron chi connectivity index (χ3n) is 5.10. The van der Waals surface area contributed by atoms with Crippen molar-refractivity contribution in [3.05, 3.63) is 42.0 Å². The van der Waals surface area contributed by atoms with E-state index < -0.39 is 0 Å². The summed E-state index contributed by atoms with van der Waals surface area (Å²) in [4.78, 5) is 6.68. The number of hydrogen-bond donors (Lipinski definition) is 4. The normalized spacial score (nSPS) is 16.9. The number of benzene rings is 2. The molecule has 1 saturated heterocycles. The van der Waals surface area contributed by atoms with E-state index in [0.29, 0.717) is 17.3 Å². The summed E-state index contributed by atoms with van der Waals surface area (Å²) in [6, 6.07) is 12.2. The van der Waals surface area contributed by atoms with Gasteiger partial charge in [-0.05, 0) is 69.4 Å². The maximum Gasteiger partial charge on any atom is 0.0874 e. The first-order valence-electron chi connectivity index (χ1n) is 9.36. The van der Waals surface area contributed by atoms with Crippen molar-refractivity contribution in [2.24, 2.45) is 4.99 Å². The fraction of sp³-hybridized carbons (Fsp3) is 0.333. The molecule has 1 fully saturated rings. The summed E-state index contributed by atoms with van der Waals surface area (Å²) in [5.74, 6) is 0. The highest BCUT2D eigenvalue weighted by atomic mass is 15.2. The highest BCUT2D eigenvalue weighted by molar-refractivity contribution is 5.87. The molecule has 5 N–H and O–H groups in total. The van der Waals surface area contributed by atoms with Crippen molar-refractivity contribution in [2.75, 3.05) is 36.0 Å². The molecule has 1 heterocycles. The van der Waals surface area contributed by atoms with Crippen LogP contribution in [0.2, 0.25) is 0 Å².